The molecule has 0 radical (unpaired) electrons. The van der Waals surface area contributed by atoms with Crippen molar-refractivity contribution in [2.75, 3.05) is 32.7 Å². The number of anilines is 1. The van der Waals surface area contributed by atoms with Crippen LogP contribution in [0.15, 0.2) is 36.9 Å². The number of hydrogen-bond donors (Lipinski definition) is 4. The molecule has 5 N–H and O–H groups in total. The number of carbonyl (C=O) groups is 1. The van der Waals surface area contributed by atoms with Gasteiger partial charge in [-0.15, -0.1) is 0 Å². The number of carbonyl (C=O) groups excluding carboxylic acids is 1. The second-order valence-electron chi connectivity index (χ2n) is 8.35. The van der Waals surface area contributed by atoms with Crippen molar-refractivity contribution in [3.8, 4) is 5.75 Å². The molecule has 0 unspecified atom stereocenters. The molecule has 1 aliphatic heterocycles. The number of ether oxygens (including phenoxy) is 2. The number of aliphatic hydroxyl groups excluding tert-OH is 2. The van der Waals surface area contributed by atoms with Gasteiger partial charge in [-0.2, -0.15) is 0 Å². The van der Waals surface area contributed by atoms with E-state index in [-0.39, 0.29) is 0 Å². The Hall–Kier alpha value is -3.32. The van der Waals surface area contributed by atoms with Gasteiger partial charge in [-0.1, -0.05) is 12.1 Å². The van der Waals surface area contributed by atoms with Crippen LogP contribution in [0.5, 0.6) is 5.75 Å². The Morgan fingerprint density at radius 2 is 2.03 bits per heavy atom. The summed E-state index contributed by atoms with van der Waals surface area (Å²) >= 11 is 0. The van der Waals surface area contributed by atoms with Gasteiger partial charge in [0.05, 0.1) is 32.1 Å². The van der Waals surface area contributed by atoms with Crippen LogP contribution < -0.4 is 20.7 Å². The van der Waals surface area contributed by atoms with E-state index in [4.69, 9.17) is 15.2 Å². The molecule has 1 saturated heterocycles. The summed E-state index contributed by atoms with van der Waals surface area (Å²) in [5.74, 6) is 0.861. The van der Waals surface area contributed by atoms with Crippen molar-refractivity contribution < 1.29 is 24.5 Å². The van der Waals surface area contributed by atoms with Crippen LogP contribution in [-0.4, -0.2) is 87.7 Å². The van der Waals surface area contributed by atoms with Gasteiger partial charge in [0, 0.05) is 14.1 Å². The Balaban J connectivity index is 1.49. The van der Waals surface area contributed by atoms with Gasteiger partial charge in [0.15, 0.2) is 23.2 Å². The summed E-state index contributed by atoms with van der Waals surface area (Å²) in [5.41, 5.74) is 7.98. The molecule has 3 aromatic rings. The van der Waals surface area contributed by atoms with Crippen LogP contribution >= 0.6 is 0 Å². The zero-order valence-electron chi connectivity index (χ0n) is 19.2. The average molecular weight is 472 g/mol. The largest absolute Gasteiger partial charge is 0.497 e. The van der Waals surface area contributed by atoms with Gasteiger partial charge in [0.2, 0.25) is 5.91 Å². The highest BCUT2D eigenvalue weighted by Crippen LogP contribution is 2.32. The molecule has 12 nitrogen and oxygen atoms in total. The second-order valence-corrected chi connectivity index (χ2v) is 8.35. The number of nitrogens with zero attached hydrogens (tertiary/aromatic N) is 5. The van der Waals surface area contributed by atoms with Crippen LogP contribution in [0.3, 0.4) is 0 Å². The Kier molecular flexibility index (Phi) is 6.93. The normalized spacial score (nSPS) is 23.1. The number of fused-ring (bicyclic) bond motifs is 1. The van der Waals surface area contributed by atoms with Gasteiger partial charge >= 0.3 is 0 Å². The molecule has 0 spiro atoms. The fourth-order valence-electron chi connectivity index (χ4n) is 4.04. The lowest BCUT2D eigenvalue weighted by atomic mass is 10.0. The second kappa shape index (κ2) is 9.89. The molecule has 1 amide bonds. The summed E-state index contributed by atoms with van der Waals surface area (Å²) in [6, 6.07) is 5.52. The number of rotatable bonds is 8. The zero-order chi connectivity index (χ0) is 24.4. The highest BCUT2D eigenvalue weighted by molar-refractivity contribution is 5.83. The molecule has 1 aliphatic rings. The lowest BCUT2D eigenvalue weighted by Crippen LogP contribution is -2.53. The minimum absolute atomic E-state index is 0.295. The number of imidazole rings is 1. The van der Waals surface area contributed by atoms with Gasteiger partial charge in [0.25, 0.3) is 0 Å². The molecule has 5 atom stereocenters. The molecular formula is C22H29N7O5. The first-order valence-corrected chi connectivity index (χ1v) is 10.8. The molecule has 0 aliphatic carbocycles. The highest BCUT2D eigenvalue weighted by atomic mass is 16.5. The molecular weight excluding hydrogens is 442 g/mol. The summed E-state index contributed by atoms with van der Waals surface area (Å²) in [6.45, 7) is -0.406. The van der Waals surface area contributed by atoms with E-state index in [2.05, 4.69) is 20.3 Å². The molecule has 3 heterocycles. The number of aliphatic hydroxyl groups is 2. The summed E-state index contributed by atoms with van der Waals surface area (Å²) in [4.78, 5) is 27.5. The Morgan fingerprint density at radius 1 is 1.29 bits per heavy atom. The van der Waals surface area contributed by atoms with E-state index in [1.807, 2.05) is 26.2 Å². The SMILES string of the molecule is COc1ccc(C[C@@H](N)C(=O)N[C@H]2[C@H](O)[C@H](n3cnc4c(N(C)C)ncnc43)O[C@@H]2CO)cc1. The average Bonchev–Trinajstić information content (AvgIpc) is 3.40. The van der Waals surface area contributed by atoms with Crippen molar-refractivity contribution in [2.45, 2.75) is 36.9 Å². The van der Waals surface area contributed by atoms with Crippen molar-refractivity contribution in [1.29, 1.82) is 0 Å². The monoisotopic (exact) mass is 471 g/mol. The fraction of sp³-hybridized carbons (Fsp3) is 0.455. The molecule has 12 heteroatoms. The molecule has 2 aromatic heterocycles. The van der Waals surface area contributed by atoms with Crippen molar-refractivity contribution in [3.63, 3.8) is 0 Å². The van der Waals surface area contributed by atoms with Crippen LogP contribution in [0.4, 0.5) is 5.82 Å². The van der Waals surface area contributed by atoms with Gasteiger partial charge in [0.1, 0.15) is 24.3 Å². The number of hydrogen-bond acceptors (Lipinski definition) is 10. The number of nitrogens with one attached hydrogen (secondary N) is 1. The van der Waals surface area contributed by atoms with Crippen molar-refractivity contribution in [1.82, 2.24) is 24.8 Å². The third-order valence-corrected chi connectivity index (χ3v) is 5.85. The van der Waals surface area contributed by atoms with E-state index in [0.717, 1.165) is 5.56 Å². The zero-order valence-corrected chi connectivity index (χ0v) is 19.2. The van der Waals surface area contributed by atoms with E-state index >= 15 is 0 Å². The molecule has 1 fully saturated rings. The van der Waals surface area contributed by atoms with Gasteiger partial charge in [-0.05, 0) is 24.1 Å². The number of methoxy groups -OCH3 is 1. The predicted molar refractivity (Wildman–Crippen MR) is 123 cm³/mol. The van der Waals surface area contributed by atoms with Gasteiger partial charge < -0.3 is 35.6 Å². The molecule has 34 heavy (non-hydrogen) atoms. The molecule has 4 rings (SSSR count). The Bertz CT molecular complexity index is 1140. The third-order valence-electron chi connectivity index (χ3n) is 5.85. The highest BCUT2D eigenvalue weighted by Gasteiger charge is 2.46. The van der Waals surface area contributed by atoms with Gasteiger partial charge in [-0.25, -0.2) is 15.0 Å². The van der Waals surface area contributed by atoms with E-state index in [0.29, 0.717) is 29.2 Å². The summed E-state index contributed by atoms with van der Waals surface area (Å²) in [6.07, 6.45) is 0.250. The van der Waals surface area contributed by atoms with E-state index < -0.39 is 43.0 Å². The summed E-state index contributed by atoms with van der Waals surface area (Å²) in [7, 11) is 5.25. The number of aromatic nitrogens is 4. The standard InChI is InChI=1S/C22H29N7O5/c1-28(2)19-17-20(25-10-24-19)29(11-26-17)22-18(31)16(15(9-30)34-22)27-21(32)14(23)8-12-4-6-13(33-3)7-5-12/h4-7,10-11,14-16,18,22,30-31H,8-9,23H2,1-3H3,(H,27,32)/t14-,15-,16-,18+,22-/m1/s1. The maximum atomic E-state index is 12.8. The van der Waals surface area contributed by atoms with Crippen LogP contribution in [0.25, 0.3) is 11.2 Å². The fourth-order valence-corrected chi connectivity index (χ4v) is 4.04. The lowest BCUT2D eigenvalue weighted by Gasteiger charge is -2.23. The predicted octanol–water partition coefficient (Wildman–Crippen LogP) is -0.794. The minimum Gasteiger partial charge on any atom is -0.497 e. The van der Waals surface area contributed by atoms with Crippen molar-refractivity contribution in [3.05, 3.63) is 42.5 Å². The van der Waals surface area contributed by atoms with Crippen LogP contribution in [0.1, 0.15) is 11.8 Å². The summed E-state index contributed by atoms with van der Waals surface area (Å²) in [5, 5.41) is 23.6. The lowest BCUT2D eigenvalue weighted by molar-refractivity contribution is -0.124. The number of amides is 1. The quantitative estimate of drug-likeness (QED) is 0.328. The van der Waals surface area contributed by atoms with E-state index in [1.54, 1.807) is 28.7 Å². The summed E-state index contributed by atoms with van der Waals surface area (Å²) < 4.78 is 12.6. The van der Waals surface area contributed by atoms with Crippen LogP contribution in [0.2, 0.25) is 0 Å². The number of nitrogens with two attached hydrogens (primary N) is 1. The smallest absolute Gasteiger partial charge is 0.237 e. The minimum atomic E-state index is -1.18. The van der Waals surface area contributed by atoms with Crippen molar-refractivity contribution in [2.24, 2.45) is 5.73 Å². The van der Waals surface area contributed by atoms with Crippen molar-refractivity contribution >= 4 is 22.9 Å². The van der Waals surface area contributed by atoms with Crippen LogP contribution in [0, 0.1) is 0 Å². The third kappa shape index (κ3) is 4.53. The van der Waals surface area contributed by atoms with E-state index in [1.165, 1.54) is 12.7 Å². The molecule has 1 aromatic carbocycles. The first-order valence-electron chi connectivity index (χ1n) is 10.8. The maximum Gasteiger partial charge on any atom is 0.237 e. The molecule has 0 bridgehead atoms. The molecule has 0 saturated carbocycles. The Morgan fingerprint density at radius 3 is 2.68 bits per heavy atom. The first kappa shape index (κ1) is 23.8. The first-order chi connectivity index (χ1) is 16.3. The molecule has 182 valence electrons. The van der Waals surface area contributed by atoms with E-state index in [9.17, 15) is 15.0 Å². The van der Waals surface area contributed by atoms with Crippen LogP contribution in [-0.2, 0) is 16.0 Å². The van der Waals surface area contributed by atoms with Gasteiger partial charge in [-0.3, -0.25) is 9.36 Å². The maximum absolute atomic E-state index is 12.8. The topological polar surface area (TPSA) is 161 Å². The Labute approximate surface area is 196 Å². The number of benzene rings is 1.